The van der Waals surface area contributed by atoms with E-state index in [0.29, 0.717) is 18.7 Å². The first kappa shape index (κ1) is 17.7. The molecule has 6 nitrogen and oxygen atoms in total. The van der Waals surface area contributed by atoms with Crippen LogP contribution in [0.3, 0.4) is 0 Å². The van der Waals surface area contributed by atoms with E-state index in [1.165, 1.54) is 6.92 Å². The van der Waals surface area contributed by atoms with Gasteiger partial charge in [-0.05, 0) is 24.5 Å². The van der Waals surface area contributed by atoms with Gasteiger partial charge in [0.25, 0.3) is 0 Å². The van der Waals surface area contributed by atoms with Crippen molar-refractivity contribution >= 4 is 33.4 Å². The summed E-state index contributed by atoms with van der Waals surface area (Å²) in [5.41, 5.74) is 2.60. The summed E-state index contributed by atoms with van der Waals surface area (Å²) in [7, 11) is 0. The van der Waals surface area contributed by atoms with Gasteiger partial charge < -0.3 is 10.2 Å². The first-order valence-corrected chi connectivity index (χ1v) is 9.16. The molecule has 1 aliphatic rings. The van der Waals surface area contributed by atoms with Crippen LogP contribution in [0.15, 0.2) is 34.9 Å². The number of anilines is 1. The van der Waals surface area contributed by atoms with E-state index in [1.807, 2.05) is 29.2 Å². The van der Waals surface area contributed by atoms with Gasteiger partial charge in [-0.2, -0.15) is 5.10 Å². The van der Waals surface area contributed by atoms with Crippen LogP contribution in [0.4, 0.5) is 5.69 Å². The number of amides is 2. The number of likely N-dealkylation sites (tertiary alicyclic amines) is 1. The Bertz CT molecular complexity index is 774. The number of benzene rings is 1. The summed E-state index contributed by atoms with van der Waals surface area (Å²) in [5.74, 6) is 0.152. The molecule has 2 aromatic rings. The lowest BCUT2D eigenvalue weighted by atomic mass is 9.93. The van der Waals surface area contributed by atoms with Crippen molar-refractivity contribution in [2.75, 3.05) is 18.4 Å². The minimum Gasteiger partial charge on any atom is -0.342 e. The molecule has 2 heterocycles. The van der Waals surface area contributed by atoms with Crippen LogP contribution in [-0.4, -0.2) is 40.0 Å². The number of halogens is 1. The fourth-order valence-electron chi connectivity index (χ4n) is 3.25. The fourth-order valence-corrected chi connectivity index (χ4v) is 3.68. The molecule has 2 amide bonds. The van der Waals surface area contributed by atoms with E-state index < -0.39 is 0 Å². The number of hydrogen-bond acceptors (Lipinski definition) is 3. The van der Waals surface area contributed by atoms with Gasteiger partial charge in [0.1, 0.15) is 0 Å². The standard InChI is InChI=1S/C18H21BrN4O2/c1-12(24)21-16-10-20-22-18(16)14-6-4-8-23(11-14)17(25)9-13-5-2-3-7-15(13)19/h2-3,5,7,10,14H,4,6,8-9,11H2,1H3,(H,20,22)(H,21,24)/t14-/m1/s1. The third-order valence-electron chi connectivity index (χ3n) is 4.46. The van der Waals surface area contributed by atoms with Crippen LogP contribution in [0.2, 0.25) is 0 Å². The van der Waals surface area contributed by atoms with Crippen LogP contribution in [0, 0.1) is 0 Å². The molecule has 2 N–H and O–H groups in total. The fraction of sp³-hybridized carbons (Fsp3) is 0.389. The summed E-state index contributed by atoms with van der Waals surface area (Å²) < 4.78 is 0.957. The van der Waals surface area contributed by atoms with Gasteiger partial charge in [-0.1, -0.05) is 34.1 Å². The lowest BCUT2D eigenvalue weighted by Crippen LogP contribution is -2.40. The average molecular weight is 405 g/mol. The predicted octanol–water partition coefficient (Wildman–Crippen LogP) is 3.08. The van der Waals surface area contributed by atoms with E-state index in [0.717, 1.165) is 35.1 Å². The van der Waals surface area contributed by atoms with Crippen molar-refractivity contribution in [3.05, 3.63) is 46.2 Å². The summed E-state index contributed by atoms with van der Waals surface area (Å²) in [6.07, 6.45) is 3.91. The number of aromatic nitrogens is 2. The molecule has 0 aliphatic carbocycles. The van der Waals surface area contributed by atoms with E-state index in [9.17, 15) is 9.59 Å². The van der Waals surface area contributed by atoms with Crippen molar-refractivity contribution in [3.63, 3.8) is 0 Å². The molecule has 0 radical (unpaired) electrons. The minimum atomic E-state index is -0.125. The number of nitrogens with one attached hydrogen (secondary N) is 2. The molecule has 132 valence electrons. The lowest BCUT2D eigenvalue weighted by molar-refractivity contribution is -0.131. The summed E-state index contributed by atoms with van der Waals surface area (Å²) in [5, 5.41) is 9.84. The third kappa shape index (κ3) is 4.28. The van der Waals surface area contributed by atoms with Crippen molar-refractivity contribution < 1.29 is 9.59 Å². The van der Waals surface area contributed by atoms with E-state index in [1.54, 1.807) is 6.20 Å². The van der Waals surface area contributed by atoms with Gasteiger partial charge in [0.15, 0.2) is 0 Å². The molecule has 1 saturated heterocycles. The molecule has 0 unspecified atom stereocenters. The molecule has 1 aromatic heterocycles. The number of nitrogens with zero attached hydrogens (tertiary/aromatic N) is 2. The van der Waals surface area contributed by atoms with E-state index in [4.69, 9.17) is 0 Å². The number of aromatic amines is 1. The molecule has 7 heteroatoms. The Hall–Kier alpha value is -2.15. The van der Waals surface area contributed by atoms with E-state index in [2.05, 4.69) is 31.4 Å². The van der Waals surface area contributed by atoms with Crippen molar-refractivity contribution in [1.29, 1.82) is 0 Å². The van der Waals surface area contributed by atoms with E-state index >= 15 is 0 Å². The maximum Gasteiger partial charge on any atom is 0.227 e. The van der Waals surface area contributed by atoms with Gasteiger partial charge in [-0.15, -0.1) is 0 Å². The van der Waals surface area contributed by atoms with Crippen LogP contribution >= 0.6 is 15.9 Å². The zero-order valence-corrected chi connectivity index (χ0v) is 15.7. The molecule has 1 atom stereocenters. The SMILES string of the molecule is CC(=O)Nc1cn[nH]c1[C@@H]1CCCN(C(=O)Cc2ccccc2Br)C1. The highest BCUT2D eigenvalue weighted by Gasteiger charge is 2.27. The quantitative estimate of drug-likeness (QED) is 0.821. The van der Waals surface area contributed by atoms with Crippen LogP contribution in [-0.2, 0) is 16.0 Å². The first-order chi connectivity index (χ1) is 12.0. The second kappa shape index (κ2) is 7.82. The summed E-state index contributed by atoms with van der Waals surface area (Å²) in [6.45, 7) is 2.88. The highest BCUT2D eigenvalue weighted by Crippen LogP contribution is 2.30. The number of H-pyrrole nitrogens is 1. The molecule has 25 heavy (non-hydrogen) atoms. The molecule has 0 saturated carbocycles. The smallest absolute Gasteiger partial charge is 0.227 e. The topological polar surface area (TPSA) is 78.1 Å². The Balaban J connectivity index is 1.69. The van der Waals surface area contributed by atoms with Gasteiger partial charge >= 0.3 is 0 Å². The zero-order chi connectivity index (χ0) is 17.8. The van der Waals surface area contributed by atoms with Crippen molar-refractivity contribution in [3.8, 4) is 0 Å². The highest BCUT2D eigenvalue weighted by molar-refractivity contribution is 9.10. The predicted molar refractivity (Wildman–Crippen MR) is 99.3 cm³/mol. The molecule has 0 spiro atoms. The zero-order valence-electron chi connectivity index (χ0n) is 14.1. The third-order valence-corrected chi connectivity index (χ3v) is 5.23. The molecular formula is C18H21BrN4O2. The summed E-state index contributed by atoms with van der Waals surface area (Å²) in [4.78, 5) is 25.9. The lowest BCUT2D eigenvalue weighted by Gasteiger charge is -2.33. The first-order valence-electron chi connectivity index (χ1n) is 8.36. The van der Waals surface area contributed by atoms with Crippen LogP contribution < -0.4 is 5.32 Å². The van der Waals surface area contributed by atoms with Crippen molar-refractivity contribution in [1.82, 2.24) is 15.1 Å². The van der Waals surface area contributed by atoms with Crippen LogP contribution in [0.25, 0.3) is 0 Å². The highest BCUT2D eigenvalue weighted by atomic mass is 79.9. The molecule has 3 rings (SSSR count). The molecular weight excluding hydrogens is 384 g/mol. The summed E-state index contributed by atoms with van der Waals surface area (Å²) >= 11 is 3.50. The maximum absolute atomic E-state index is 12.7. The monoisotopic (exact) mass is 404 g/mol. The second-order valence-corrected chi connectivity index (χ2v) is 7.18. The Labute approximate surface area is 155 Å². The largest absolute Gasteiger partial charge is 0.342 e. The average Bonchev–Trinajstić information content (AvgIpc) is 3.04. The maximum atomic E-state index is 12.7. The summed E-state index contributed by atoms with van der Waals surface area (Å²) in [6, 6.07) is 7.80. The Kier molecular flexibility index (Phi) is 5.53. The second-order valence-electron chi connectivity index (χ2n) is 6.33. The molecule has 1 fully saturated rings. The molecule has 0 bridgehead atoms. The normalized spacial score (nSPS) is 17.4. The number of carbonyl (C=O) groups excluding carboxylic acids is 2. The van der Waals surface area contributed by atoms with Gasteiger partial charge in [0, 0.05) is 30.4 Å². The Morgan fingerprint density at radius 3 is 2.96 bits per heavy atom. The van der Waals surface area contributed by atoms with Crippen molar-refractivity contribution in [2.24, 2.45) is 0 Å². The van der Waals surface area contributed by atoms with Crippen molar-refractivity contribution in [2.45, 2.75) is 32.1 Å². The van der Waals surface area contributed by atoms with E-state index in [-0.39, 0.29) is 17.7 Å². The van der Waals surface area contributed by atoms with Gasteiger partial charge in [0.2, 0.25) is 11.8 Å². The van der Waals surface area contributed by atoms with Crippen LogP contribution in [0.1, 0.15) is 36.9 Å². The molecule has 1 aromatic carbocycles. The van der Waals surface area contributed by atoms with Crippen LogP contribution in [0.5, 0.6) is 0 Å². The van der Waals surface area contributed by atoms with Gasteiger partial charge in [-0.25, -0.2) is 0 Å². The molecule has 1 aliphatic heterocycles. The number of rotatable bonds is 4. The van der Waals surface area contributed by atoms with Gasteiger partial charge in [0.05, 0.1) is 24.0 Å². The number of carbonyl (C=O) groups is 2. The Morgan fingerprint density at radius 1 is 1.40 bits per heavy atom. The number of hydrogen-bond donors (Lipinski definition) is 2. The Morgan fingerprint density at radius 2 is 2.20 bits per heavy atom. The minimum absolute atomic E-state index is 0.122. The number of piperidine rings is 1. The van der Waals surface area contributed by atoms with Gasteiger partial charge in [-0.3, -0.25) is 14.7 Å².